The molecular formula is C12H34N6. The van der Waals surface area contributed by atoms with Crippen molar-refractivity contribution in [3.63, 3.8) is 0 Å². The first-order valence-electron chi connectivity index (χ1n) is 6.99. The SMILES string of the molecule is NCCCC(N)CCN.NCCCNCCCN. The Balaban J connectivity index is 0. The molecule has 0 aromatic rings. The minimum absolute atomic E-state index is 0.263. The standard InChI is InChI=1S/2C6H17N3/c7-3-1-5-9-6-2-4-8;7-4-1-2-6(9)3-5-8/h9H,1-8H2;6H,1-5,7-9H2. The quantitative estimate of drug-likeness (QED) is 0.255. The summed E-state index contributed by atoms with van der Waals surface area (Å²) >= 11 is 0. The van der Waals surface area contributed by atoms with Crippen molar-refractivity contribution in [3.05, 3.63) is 0 Å². The lowest BCUT2D eigenvalue weighted by molar-refractivity contribution is 0.556. The summed E-state index contributed by atoms with van der Waals surface area (Å²) in [5.74, 6) is 0. The van der Waals surface area contributed by atoms with Gasteiger partial charge in [0.2, 0.25) is 0 Å². The van der Waals surface area contributed by atoms with Gasteiger partial charge < -0.3 is 34.0 Å². The second-order valence-electron chi connectivity index (χ2n) is 4.30. The van der Waals surface area contributed by atoms with Crippen molar-refractivity contribution in [1.29, 1.82) is 0 Å². The topological polar surface area (TPSA) is 142 Å². The predicted octanol–water partition coefficient (Wildman–Crippen LogP) is -1.32. The number of rotatable bonds is 11. The highest BCUT2D eigenvalue weighted by Crippen LogP contribution is 1.95. The zero-order valence-electron chi connectivity index (χ0n) is 11.7. The fourth-order valence-electron chi connectivity index (χ4n) is 1.32. The van der Waals surface area contributed by atoms with Gasteiger partial charge in [-0.3, -0.25) is 0 Å². The Morgan fingerprint density at radius 1 is 0.667 bits per heavy atom. The van der Waals surface area contributed by atoms with Gasteiger partial charge in [-0.2, -0.15) is 0 Å². The molecule has 0 saturated carbocycles. The molecule has 18 heavy (non-hydrogen) atoms. The van der Waals surface area contributed by atoms with Crippen LogP contribution in [0.2, 0.25) is 0 Å². The number of hydrogen-bond acceptors (Lipinski definition) is 6. The van der Waals surface area contributed by atoms with E-state index in [4.69, 9.17) is 28.7 Å². The molecule has 0 aromatic heterocycles. The first-order valence-corrected chi connectivity index (χ1v) is 6.99. The van der Waals surface area contributed by atoms with Crippen LogP contribution in [0.15, 0.2) is 0 Å². The van der Waals surface area contributed by atoms with E-state index in [1.165, 1.54) is 0 Å². The molecule has 11 N–H and O–H groups in total. The summed E-state index contributed by atoms with van der Waals surface area (Å²) in [6.07, 6.45) is 5.06. The van der Waals surface area contributed by atoms with Crippen LogP contribution in [0, 0.1) is 0 Å². The minimum Gasteiger partial charge on any atom is -0.330 e. The molecule has 0 aliphatic rings. The molecule has 0 amide bonds. The van der Waals surface area contributed by atoms with Crippen LogP contribution in [-0.2, 0) is 0 Å². The van der Waals surface area contributed by atoms with Crippen molar-refractivity contribution < 1.29 is 0 Å². The van der Waals surface area contributed by atoms with Crippen LogP contribution in [0.3, 0.4) is 0 Å². The first-order chi connectivity index (χ1) is 8.72. The van der Waals surface area contributed by atoms with Gasteiger partial charge >= 0.3 is 0 Å². The third-order valence-corrected chi connectivity index (χ3v) is 2.43. The Morgan fingerprint density at radius 2 is 1.17 bits per heavy atom. The van der Waals surface area contributed by atoms with Gasteiger partial charge in [-0.25, -0.2) is 0 Å². The van der Waals surface area contributed by atoms with Crippen LogP contribution in [0.1, 0.15) is 32.1 Å². The summed E-state index contributed by atoms with van der Waals surface area (Å²) in [5.41, 5.74) is 26.8. The highest BCUT2D eigenvalue weighted by molar-refractivity contribution is 4.61. The first kappa shape index (κ1) is 20.1. The maximum Gasteiger partial charge on any atom is 0.00513 e. The normalized spacial score (nSPS) is 11.8. The molecule has 0 radical (unpaired) electrons. The minimum atomic E-state index is 0.263. The third-order valence-electron chi connectivity index (χ3n) is 2.43. The number of nitrogens with two attached hydrogens (primary N) is 5. The zero-order chi connectivity index (χ0) is 14.1. The fourth-order valence-corrected chi connectivity index (χ4v) is 1.32. The molecule has 112 valence electrons. The molecule has 0 fully saturated rings. The van der Waals surface area contributed by atoms with Crippen LogP contribution in [-0.4, -0.2) is 45.3 Å². The van der Waals surface area contributed by atoms with Crippen molar-refractivity contribution in [2.45, 2.75) is 38.1 Å². The molecule has 6 nitrogen and oxygen atoms in total. The molecular weight excluding hydrogens is 228 g/mol. The average Bonchev–Trinajstić information content (AvgIpc) is 2.37. The van der Waals surface area contributed by atoms with Crippen molar-refractivity contribution in [2.75, 3.05) is 39.3 Å². The van der Waals surface area contributed by atoms with Gasteiger partial charge in [-0.15, -0.1) is 0 Å². The van der Waals surface area contributed by atoms with E-state index in [9.17, 15) is 0 Å². The van der Waals surface area contributed by atoms with E-state index in [1.807, 2.05) is 0 Å². The van der Waals surface area contributed by atoms with Gasteiger partial charge in [0.05, 0.1) is 0 Å². The Kier molecular flexibility index (Phi) is 21.3. The van der Waals surface area contributed by atoms with E-state index in [0.29, 0.717) is 6.54 Å². The summed E-state index contributed by atoms with van der Waals surface area (Å²) in [5, 5.41) is 3.23. The van der Waals surface area contributed by atoms with E-state index in [-0.39, 0.29) is 6.04 Å². The summed E-state index contributed by atoms with van der Waals surface area (Å²) in [7, 11) is 0. The van der Waals surface area contributed by atoms with Crippen LogP contribution in [0.25, 0.3) is 0 Å². The van der Waals surface area contributed by atoms with Crippen LogP contribution in [0.5, 0.6) is 0 Å². The Hall–Kier alpha value is -0.240. The third kappa shape index (κ3) is 21.1. The van der Waals surface area contributed by atoms with Crippen LogP contribution >= 0.6 is 0 Å². The van der Waals surface area contributed by atoms with Gasteiger partial charge in [0.15, 0.2) is 0 Å². The summed E-state index contributed by atoms with van der Waals surface area (Å²) in [6, 6.07) is 0.263. The second-order valence-corrected chi connectivity index (χ2v) is 4.30. The maximum absolute atomic E-state index is 5.63. The highest BCUT2D eigenvalue weighted by atomic mass is 14.8. The smallest absolute Gasteiger partial charge is 0.00513 e. The lowest BCUT2D eigenvalue weighted by Crippen LogP contribution is -2.24. The lowest BCUT2D eigenvalue weighted by Gasteiger charge is -2.07. The molecule has 0 spiro atoms. The largest absolute Gasteiger partial charge is 0.330 e. The molecule has 0 saturated heterocycles. The van der Waals surface area contributed by atoms with Crippen molar-refractivity contribution in [1.82, 2.24) is 5.32 Å². The zero-order valence-corrected chi connectivity index (χ0v) is 11.7. The van der Waals surface area contributed by atoms with Crippen molar-refractivity contribution in [3.8, 4) is 0 Å². The summed E-state index contributed by atoms with van der Waals surface area (Å²) in [6.45, 7) is 5.02. The molecule has 1 unspecified atom stereocenters. The molecule has 6 heteroatoms. The molecule has 0 aromatic carbocycles. The monoisotopic (exact) mass is 262 g/mol. The van der Waals surface area contributed by atoms with Gasteiger partial charge in [-0.1, -0.05) is 0 Å². The van der Waals surface area contributed by atoms with Crippen molar-refractivity contribution in [2.24, 2.45) is 28.7 Å². The number of nitrogens with one attached hydrogen (secondary N) is 1. The average molecular weight is 262 g/mol. The van der Waals surface area contributed by atoms with Crippen molar-refractivity contribution >= 4 is 0 Å². The van der Waals surface area contributed by atoms with Gasteiger partial charge in [0, 0.05) is 6.04 Å². The van der Waals surface area contributed by atoms with E-state index >= 15 is 0 Å². The summed E-state index contributed by atoms with van der Waals surface area (Å²) < 4.78 is 0. The number of hydrogen-bond donors (Lipinski definition) is 6. The van der Waals surface area contributed by atoms with E-state index in [0.717, 1.165) is 64.8 Å². The van der Waals surface area contributed by atoms with E-state index in [2.05, 4.69) is 5.32 Å². The van der Waals surface area contributed by atoms with Gasteiger partial charge in [0.25, 0.3) is 0 Å². The molecule has 0 aliphatic heterocycles. The molecule has 0 bridgehead atoms. The molecule has 1 atom stereocenters. The fraction of sp³-hybridized carbons (Fsp3) is 1.00. The molecule has 0 aliphatic carbocycles. The Morgan fingerprint density at radius 3 is 1.56 bits per heavy atom. The van der Waals surface area contributed by atoms with Gasteiger partial charge in [0.1, 0.15) is 0 Å². The van der Waals surface area contributed by atoms with E-state index in [1.54, 1.807) is 0 Å². The maximum atomic E-state index is 5.63. The van der Waals surface area contributed by atoms with Gasteiger partial charge in [-0.05, 0) is 71.4 Å². The molecule has 0 rings (SSSR count). The summed E-state index contributed by atoms with van der Waals surface area (Å²) in [4.78, 5) is 0. The van der Waals surface area contributed by atoms with Crippen LogP contribution < -0.4 is 34.0 Å². The Bertz CT molecular complexity index is 128. The predicted molar refractivity (Wildman–Crippen MR) is 80.1 cm³/mol. The van der Waals surface area contributed by atoms with E-state index < -0.39 is 0 Å². The highest BCUT2D eigenvalue weighted by Gasteiger charge is 1.97. The second kappa shape index (κ2) is 19.1. The molecule has 0 heterocycles. The Labute approximate surface area is 112 Å². The lowest BCUT2D eigenvalue weighted by atomic mass is 10.1. The van der Waals surface area contributed by atoms with Crippen LogP contribution in [0.4, 0.5) is 0 Å².